The van der Waals surface area contributed by atoms with Gasteiger partial charge in [-0.05, 0) is 45.9 Å². The summed E-state index contributed by atoms with van der Waals surface area (Å²) in [6.45, 7) is 22.0. The van der Waals surface area contributed by atoms with Gasteiger partial charge in [-0.15, -0.1) is 0 Å². The monoisotopic (exact) mass is 590 g/mol. The van der Waals surface area contributed by atoms with E-state index in [2.05, 4.69) is 108 Å². The molecule has 0 aliphatic carbocycles. The van der Waals surface area contributed by atoms with E-state index >= 15 is 0 Å². The minimum Gasteiger partial charge on any atom is -1.00 e. The number of benzene rings is 2. The predicted octanol–water partition coefficient (Wildman–Crippen LogP) is 1.30. The van der Waals surface area contributed by atoms with Gasteiger partial charge in [0, 0.05) is 37.6 Å². The first-order valence-corrected chi connectivity index (χ1v) is 12.2. The van der Waals surface area contributed by atoms with Gasteiger partial charge in [-0.25, -0.2) is 0 Å². The van der Waals surface area contributed by atoms with E-state index in [4.69, 9.17) is 0 Å². The van der Waals surface area contributed by atoms with Gasteiger partial charge >= 0.3 is 20.1 Å². The Labute approximate surface area is 235 Å². The van der Waals surface area contributed by atoms with Crippen LogP contribution in [-0.2, 0) is 20.1 Å². The van der Waals surface area contributed by atoms with Crippen molar-refractivity contribution >= 4 is 11.4 Å². The quantitative estimate of drug-likeness (QED) is 0.326. The number of hydrogen-bond acceptors (Lipinski definition) is 3. The van der Waals surface area contributed by atoms with Crippen molar-refractivity contribution in [2.45, 2.75) is 79.1 Å². The average Bonchev–Trinajstić information content (AvgIpc) is 2.72. The van der Waals surface area contributed by atoms with Crippen molar-refractivity contribution in [2.75, 3.05) is 36.8 Å². The van der Waals surface area contributed by atoms with Gasteiger partial charge in [0.1, 0.15) is 0 Å². The third-order valence-electron chi connectivity index (χ3n) is 5.95. The molecule has 0 bridgehead atoms. The van der Waals surface area contributed by atoms with Crippen molar-refractivity contribution in [1.82, 2.24) is 5.32 Å². The first kappa shape index (κ1) is 35.4. The number of anilines is 2. The van der Waals surface area contributed by atoms with Crippen LogP contribution in [-0.4, -0.2) is 26.2 Å². The van der Waals surface area contributed by atoms with E-state index in [1.807, 2.05) is 0 Å². The maximum atomic E-state index is 3.72. The molecule has 0 saturated heterocycles. The summed E-state index contributed by atoms with van der Waals surface area (Å²) in [7, 11) is 0. The minimum absolute atomic E-state index is 0. The number of nitrogens with one attached hydrogen (secondary N) is 3. The molecular weight excluding hydrogens is 547 g/mol. The molecule has 2 aromatic carbocycles. The van der Waals surface area contributed by atoms with E-state index in [9.17, 15) is 0 Å². The molecule has 0 unspecified atom stereocenters. The molecule has 6 heteroatoms. The van der Waals surface area contributed by atoms with Gasteiger partial charge in [0.15, 0.2) is 0 Å². The van der Waals surface area contributed by atoms with Crippen molar-refractivity contribution in [3.05, 3.63) is 58.7 Å². The Bertz CT molecular complexity index is 703. The topological polar surface area (TPSA) is 36.1 Å². The Hall–Kier alpha value is -0.771. The van der Waals surface area contributed by atoms with Crippen LogP contribution < -0.4 is 40.8 Å². The molecule has 34 heavy (non-hydrogen) atoms. The van der Waals surface area contributed by atoms with Crippen LogP contribution in [0.15, 0.2) is 36.4 Å². The summed E-state index contributed by atoms with van der Waals surface area (Å²) in [5.74, 6) is 2.09. The molecule has 3 nitrogen and oxygen atoms in total. The van der Waals surface area contributed by atoms with Crippen molar-refractivity contribution in [2.24, 2.45) is 0 Å². The SMILES string of the molecule is CC(C)c1cccc(C(C)C)c1NCCNCCNc1c(C(C)C)cccc1C(C)C.[Cl-].[Cl-].[Tc+2]. The van der Waals surface area contributed by atoms with Gasteiger partial charge in [-0.2, -0.15) is 0 Å². The summed E-state index contributed by atoms with van der Waals surface area (Å²) >= 11 is 0. The number of halogens is 2. The number of rotatable bonds is 12. The Balaban J connectivity index is 0. The van der Waals surface area contributed by atoms with Crippen LogP contribution in [0.2, 0.25) is 0 Å². The smallest absolute Gasteiger partial charge is 1.00 e. The molecule has 0 spiro atoms. The summed E-state index contributed by atoms with van der Waals surface area (Å²) < 4.78 is 0. The predicted molar refractivity (Wildman–Crippen MR) is 139 cm³/mol. The van der Waals surface area contributed by atoms with Crippen LogP contribution in [0.1, 0.15) is 101 Å². The Morgan fingerprint density at radius 2 is 0.765 bits per heavy atom. The molecule has 0 amide bonds. The maximum absolute atomic E-state index is 3.72. The standard InChI is InChI=1S/C28H45N3.2ClH.Tc/c1-19(2)23-11-9-12-24(20(3)4)27(23)30-17-15-29-16-18-31-28-25(21(5)6)13-10-14-26(28)22(7)8;;;/h9-14,19-22,29-31H,15-18H2,1-8H3;2*1H;/q;;;+2/p-2. The van der Waals surface area contributed by atoms with Crippen LogP contribution in [0, 0.1) is 0 Å². The zero-order valence-corrected chi connectivity index (χ0v) is 25.6. The van der Waals surface area contributed by atoms with Crippen LogP contribution in [0.25, 0.3) is 0 Å². The molecule has 0 saturated carbocycles. The van der Waals surface area contributed by atoms with Crippen LogP contribution in [0.5, 0.6) is 0 Å². The first-order chi connectivity index (χ1) is 14.7. The second-order valence-corrected chi connectivity index (χ2v) is 9.85. The average molecular weight is 593 g/mol. The van der Waals surface area contributed by atoms with Gasteiger partial charge in [-0.3, -0.25) is 0 Å². The molecule has 0 fully saturated rings. The van der Waals surface area contributed by atoms with Crippen molar-refractivity contribution in [3.8, 4) is 0 Å². The molecule has 0 heterocycles. The number of para-hydroxylation sites is 2. The third-order valence-corrected chi connectivity index (χ3v) is 5.95. The van der Waals surface area contributed by atoms with Gasteiger partial charge in [0.2, 0.25) is 0 Å². The maximum Gasteiger partial charge on any atom is 2.00 e. The normalized spacial score (nSPS) is 10.7. The third kappa shape index (κ3) is 10.1. The second kappa shape index (κ2) is 17.6. The fourth-order valence-electron chi connectivity index (χ4n) is 4.19. The molecule has 0 aliphatic heterocycles. The largest absolute Gasteiger partial charge is 2.00 e. The Kier molecular flexibility index (Phi) is 18.3. The zero-order chi connectivity index (χ0) is 23.0. The molecule has 3 N–H and O–H groups in total. The number of hydrogen-bond donors (Lipinski definition) is 3. The summed E-state index contributed by atoms with van der Waals surface area (Å²) in [5, 5.41) is 11.0. The molecule has 1 radical (unpaired) electrons. The minimum atomic E-state index is 0. The Morgan fingerprint density at radius 1 is 0.500 bits per heavy atom. The van der Waals surface area contributed by atoms with E-state index in [1.165, 1.54) is 33.6 Å². The van der Waals surface area contributed by atoms with Crippen LogP contribution >= 0.6 is 0 Å². The van der Waals surface area contributed by atoms with Gasteiger partial charge in [0.25, 0.3) is 0 Å². The molecule has 0 atom stereocenters. The van der Waals surface area contributed by atoms with E-state index in [1.54, 1.807) is 0 Å². The van der Waals surface area contributed by atoms with Crippen molar-refractivity contribution < 1.29 is 44.9 Å². The fourth-order valence-corrected chi connectivity index (χ4v) is 4.19. The second-order valence-electron chi connectivity index (χ2n) is 9.85. The van der Waals surface area contributed by atoms with Crippen molar-refractivity contribution in [1.29, 1.82) is 0 Å². The van der Waals surface area contributed by atoms with Gasteiger partial charge < -0.3 is 40.8 Å². The van der Waals surface area contributed by atoms with E-state index in [0.29, 0.717) is 23.7 Å². The Morgan fingerprint density at radius 3 is 1.00 bits per heavy atom. The van der Waals surface area contributed by atoms with E-state index in [0.717, 1.165) is 26.2 Å². The summed E-state index contributed by atoms with van der Waals surface area (Å²) in [6.07, 6.45) is 0. The summed E-state index contributed by atoms with van der Waals surface area (Å²) in [5.41, 5.74) is 8.33. The molecule has 0 aliphatic rings. The molecule has 2 aromatic rings. The first-order valence-electron chi connectivity index (χ1n) is 12.2. The molecule has 2 rings (SSSR count). The van der Waals surface area contributed by atoms with E-state index < -0.39 is 0 Å². The van der Waals surface area contributed by atoms with Gasteiger partial charge in [0.05, 0.1) is 0 Å². The summed E-state index contributed by atoms with van der Waals surface area (Å²) in [6, 6.07) is 13.4. The van der Waals surface area contributed by atoms with Crippen LogP contribution in [0.3, 0.4) is 0 Å². The van der Waals surface area contributed by atoms with Crippen molar-refractivity contribution in [3.63, 3.8) is 0 Å². The van der Waals surface area contributed by atoms with Gasteiger partial charge in [-0.1, -0.05) is 91.8 Å². The fraction of sp³-hybridized carbons (Fsp3) is 0.571. The summed E-state index contributed by atoms with van der Waals surface area (Å²) in [4.78, 5) is 0. The van der Waals surface area contributed by atoms with E-state index in [-0.39, 0.29) is 44.9 Å². The molecule has 193 valence electrons. The zero-order valence-electron chi connectivity index (χ0n) is 22.2. The van der Waals surface area contributed by atoms with Crippen LogP contribution in [0.4, 0.5) is 11.4 Å². The molecule has 0 aromatic heterocycles. The molecular formula is C28H45Cl2N3Tc.